The maximum atomic E-state index is 10.1. The summed E-state index contributed by atoms with van der Waals surface area (Å²) in [4.78, 5) is 0. The first-order chi connectivity index (χ1) is 6.66. The van der Waals surface area contributed by atoms with E-state index in [-0.39, 0.29) is 23.1 Å². The third-order valence-corrected chi connectivity index (χ3v) is 0. The zero-order valence-corrected chi connectivity index (χ0v) is 11.2. The van der Waals surface area contributed by atoms with Gasteiger partial charge in [-0.25, -0.2) is 4.39 Å². The molecule has 0 bridgehead atoms. The Morgan fingerprint density at radius 2 is 1.58 bits per heavy atom. The van der Waals surface area contributed by atoms with Crippen molar-refractivity contribution < 1.29 is 8.78 Å². The van der Waals surface area contributed by atoms with Crippen molar-refractivity contribution in [2.45, 2.75) is 0 Å². The fraction of sp³-hybridized carbons (Fsp3) is 1.00. The van der Waals surface area contributed by atoms with Gasteiger partial charge in [-0.2, -0.15) is 0 Å². The molecule has 0 aliphatic carbocycles. The van der Waals surface area contributed by atoms with Crippen molar-refractivity contribution in [1.82, 2.24) is 0 Å². The second-order valence-corrected chi connectivity index (χ2v) is 0.976. The predicted octanol–water partition coefficient (Wildman–Crippen LogP) is 2.80. The molecular formula is C2H10F2N2P3S3+. The SMILES string of the molecule is CF.N=[P+]=S.NCF.[3H]P=S.[3H]P=S. The molecule has 10 heteroatoms. The third kappa shape index (κ3) is 701. The van der Waals surface area contributed by atoms with Gasteiger partial charge >= 0.3 is 24.1 Å². The van der Waals surface area contributed by atoms with Gasteiger partial charge < -0.3 is 5.73 Å². The largest absolute Gasteiger partial charge is 0.304 e. The molecule has 0 spiro atoms. The maximum Gasteiger partial charge on any atom is 0.138 e. The van der Waals surface area contributed by atoms with Crippen LogP contribution in [-0.2, 0) is 35.4 Å². The van der Waals surface area contributed by atoms with Crippen LogP contribution in [0.1, 0.15) is 0 Å². The molecule has 2 nitrogen and oxygen atoms in total. The second-order valence-electron chi connectivity index (χ2n) is 0.246. The summed E-state index contributed by atoms with van der Waals surface area (Å²) in [5, 5.41) is 6.00. The van der Waals surface area contributed by atoms with E-state index in [1.807, 2.05) is 0 Å². The Bertz CT molecular complexity index is 112. The minimum atomic E-state index is -0.750. The van der Waals surface area contributed by atoms with Gasteiger partial charge in [-0.3, -0.25) is 4.39 Å². The summed E-state index contributed by atoms with van der Waals surface area (Å²) >= 11 is 12.1. The zero-order chi connectivity index (χ0) is 12.8. The molecule has 0 fully saturated rings. The predicted molar refractivity (Wildman–Crippen MR) is 65.6 cm³/mol. The van der Waals surface area contributed by atoms with E-state index in [0.717, 1.165) is 0 Å². The van der Waals surface area contributed by atoms with Crippen LogP contribution >= 0.6 is 23.1 Å². The number of hydrogen-bond donors (Lipinski definition) is 2. The fourth-order valence-electron chi connectivity index (χ4n) is 0. The molecule has 0 aromatic carbocycles. The molecule has 0 saturated heterocycles. The van der Waals surface area contributed by atoms with E-state index in [2.05, 4.69) is 41.2 Å². The van der Waals surface area contributed by atoms with Gasteiger partial charge in [0.15, 0.2) is 0 Å². The first kappa shape index (κ1) is 19.0. The molecule has 0 aliphatic rings. The van der Waals surface area contributed by atoms with Crippen molar-refractivity contribution >= 4 is 58.5 Å². The van der Waals surface area contributed by atoms with Gasteiger partial charge in [0.1, 0.15) is 9.36 Å². The van der Waals surface area contributed by atoms with E-state index in [1.54, 1.807) is 0 Å². The summed E-state index contributed by atoms with van der Waals surface area (Å²) in [6, 6.07) is 0. The molecule has 0 saturated carbocycles. The number of alkyl halides is 2. The van der Waals surface area contributed by atoms with Crippen molar-refractivity contribution in [3.63, 3.8) is 0 Å². The third-order valence-electron chi connectivity index (χ3n) is 0. The van der Waals surface area contributed by atoms with Crippen molar-refractivity contribution in [2.75, 3.05) is 14.0 Å². The molecule has 3 N–H and O–H groups in total. The van der Waals surface area contributed by atoms with Crippen LogP contribution in [0.25, 0.3) is 0 Å². The molecule has 0 heterocycles. The number of halogens is 2. The molecule has 0 aromatic heterocycles. The van der Waals surface area contributed by atoms with Gasteiger partial charge in [-0.05, 0) is 15.9 Å². The van der Waals surface area contributed by atoms with Crippen LogP contribution in [0.15, 0.2) is 0 Å². The van der Waals surface area contributed by atoms with Crippen molar-refractivity contribution in [3.8, 4) is 0 Å². The average Bonchev–Trinajstić information content (AvgIpc) is 2.12. The summed E-state index contributed by atoms with van der Waals surface area (Å²) in [6.07, 6.45) is 0. The smallest absolute Gasteiger partial charge is 0.138 e. The van der Waals surface area contributed by atoms with Crippen molar-refractivity contribution in [3.05, 3.63) is 0 Å². The van der Waals surface area contributed by atoms with E-state index in [9.17, 15) is 8.78 Å². The Morgan fingerprint density at radius 1 is 1.58 bits per heavy atom. The Morgan fingerprint density at radius 3 is 1.58 bits per heavy atom. The average molecular weight is 293 g/mol. The van der Waals surface area contributed by atoms with Crippen molar-refractivity contribution in [1.29, 1.82) is 7.72 Å². The summed E-state index contributed by atoms with van der Waals surface area (Å²) in [5.41, 5.74) is 4.18. The molecule has 0 unspecified atom stereocenters. The summed E-state index contributed by atoms with van der Waals surface area (Å²) in [7, 11) is 1.25. The molecule has 0 rings (SSSR count). The minimum absolute atomic E-state index is 0.250. The normalized spacial score (nSPS) is 6.67. The summed E-state index contributed by atoms with van der Waals surface area (Å²) in [5.74, 6) is 0. The number of rotatable bonds is 0. The van der Waals surface area contributed by atoms with E-state index in [0.29, 0.717) is 7.18 Å². The summed E-state index contributed by atoms with van der Waals surface area (Å²) < 4.78 is 31.6. The van der Waals surface area contributed by atoms with Crippen LogP contribution in [0.4, 0.5) is 8.78 Å². The van der Waals surface area contributed by atoms with Crippen LogP contribution in [0.5, 0.6) is 0 Å². The number of nitrogens with two attached hydrogens (primary N) is 1. The minimum Gasteiger partial charge on any atom is -0.304 e. The van der Waals surface area contributed by atoms with Gasteiger partial charge in [0, 0.05) is 0 Å². The van der Waals surface area contributed by atoms with Gasteiger partial charge in [0.2, 0.25) is 0 Å². The second kappa shape index (κ2) is 144. The Hall–Kier alpha value is 1.31. The zero-order valence-electron chi connectivity index (χ0n) is 8.11. The number of hydrogen-bond acceptors (Lipinski definition) is 5. The number of nitrogens with one attached hydrogen (secondary N) is 1. The Balaban J connectivity index is -0.0000000243. The fourth-order valence-corrected chi connectivity index (χ4v) is 0. The molecular weight excluding hydrogens is 279 g/mol. The molecule has 12 heavy (non-hydrogen) atoms. The quantitative estimate of drug-likeness (QED) is 0.532. The van der Waals surface area contributed by atoms with Gasteiger partial charge in [-0.1, -0.05) is 23.6 Å². The van der Waals surface area contributed by atoms with Crippen LogP contribution in [0, 0.1) is 5.16 Å². The molecule has 0 aliphatic heterocycles. The first-order valence-electron chi connectivity index (χ1n) is 2.72. The molecule has 0 aromatic rings. The van der Waals surface area contributed by atoms with Gasteiger partial charge in [-0.15, -0.1) is 0 Å². The van der Waals surface area contributed by atoms with Crippen molar-refractivity contribution in [2.24, 2.45) is 5.73 Å². The van der Waals surface area contributed by atoms with E-state index < -0.39 is 6.80 Å². The maximum absolute atomic E-state index is 10.1. The van der Waals surface area contributed by atoms with E-state index in [1.165, 1.54) is 0 Å². The van der Waals surface area contributed by atoms with Crippen LogP contribution in [-0.4, -0.2) is 16.5 Å². The first-order valence-corrected chi connectivity index (χ1v) is 6.65. The van der Waals surface area contributed by atoms with Crippen LogP contribution < -0.4 is 5.73 Å². The van der Waals surface area contributed by atoms with Crippen LogP contribution in [0.3, 0.4) is 0 Å². The monoisotopic (exact) mass is 293 g/mol. The van der Waals surface area contributed by atoms with E-state index in [4.69, 9.17) is 7.72 Å². The topological polar surface area (TPSA) is 49.9 Å². The Kier molecular flexibility index (Phi) is 227. The standard InChI is InChI=1S/CH4FN.CH3F.HNPS.2HPS/c2-1-3;1-2;1-2-3;2*1-2/h1,3H2;1H3;1H;2*1H/q;;+1;;/i;;;2*1T. The Labute approximate surface area is 94.7 Å². The molecule has 0 amide bonds. The van der Waals surface area contributed by atoms with Gasteiger partial charge in [0.05, 0.1) is 7.18 Å². The molecule has 74 valence electrons. The molecule has 0 radical (unpaired) electrons. The molecule has 0 atom stereocenters. The summed E-state index contributed by atoms with van der Waals surface area (Å²) in [6.45, 7) is -0.750. The van der Waals surface area contributed by atoms with E-state index >= 15 is 0 Å². The van der Waals surface area contributed by atoms with Crippen LogP contribution in [0.2, 0.25) is 0 Å². The van der Waals surface area contributed by atoms with Gasteiger partial charge in [0.25, 0.3) is 0 Å².